The molecule has 0 aromatic heterocycles. The van der Waals surface area contributed by atoms with Crippen LogP contribution in [0.3, 0.4) is 0 Å². The van der Waals surface area contributed by atoms with Crippen molar-refractivity contribution in [3.05, 3.63) is 106 Å². The zero-order valence-corrected chi connectivity index (χ0v) is 21.1. The van der Waals surface area contributed by atoms with Crippen LogP contribution in [0.5, 0.6) is 0 Å². The summed E-state index contributed by atoms with van der Waals surface area (Å²) in [6.45, 7) is 5.90. The fraction of sp³-hybridized carbons (Fsp3) is 0.379. The monoisotopic (exact) mass is 508 g/mol. The number of hydrogen-bond acceptors (Lipinski definition) is 3. The number of ether oxygens (including phenoxy) is 3. The number of benzene rings is 3. The second-order valence-electron chi connectivity index (χ2n) is 9.00. The molecule has 0 amide bonds. The van der Waals surface area contributed by atoms with E-state index in [0.717, 1.165) is 34.9 Å². The van der Waals surface area contributed by atoms with Crippen molar-refractivity contribution in [1.29, 1.82) is 0 Å². The Hall–Kier alpha value is -1.98. The first-order valence-electron chi connectivity index (χ1n) is 11.8. The Kier molecular flexibility index (Phi) is 8.37. The predicted molar refractivity (Wildman–Crippen MR) is 136 cm³/mol. The third-order valence-corrected chi connectivity index (χ3v) is 6.96. The van der Waals surface area contributed by atoms with Gasteiger partial charge in [-0.05, 0) is 54.2 Å². The van der Waals surface area contributed by atoms with E-state index in [1.54, 1.807) is 0 Å². The van der Waals surface area contributed by atoms with E-state index in [1.165, 1.54) is 11.1 Å². The average molecular weight is 509 g/mol. The maximum Gasteiger partial charge on any atom is 0.192 e. The average Bonchev–Trinajstić information content (AvgIpc) is 2.84. The van der Waals surface area contributed by atoms with E-state index < -0.39 is 5.79 Å². The van der Waals surface area contributed by atoms with Crippen molar-refractivity contribution in [2.45, 2.75) is 64.1 Å². The summed E-state index contributed by atoms with van der Waals surface area (Å²) in [4.78, 5) is 0. The quantitative estimate of drug-likeness (QED) is 0.298. The largest absolute Gasteiger partial charge is 0.371 e. The summed E-state index contributed by atoms with van der Waals surface area (Å²) in [5.41, 5.74) is 4.90. The molecule has 0 spiro atoms. The Bertz CT molecular complexity index is 1010. The molecule has 4 heteroatoms. The smallest absolute Gasteiger partial charge is 0.192 e. The lowest BCUT2D eigenvalue weighted by atomic mass is 9.87. The molecule has 1 saturated heterocycles. The summed E-state index contributed by atoms with van der Waals surface area (Å²) >= 11 is 3.58. The van der Waals surface area contributed by atoms with Crippen LogP contribution in [-0.4, -0.2) is 18.5 Å². The molecular formula is C29H33BrO3. The topological polar surface area (TPSA) is 27.7 Å². The Morgan fingerprint density at radius 1 is 0.970 bits per heavy atom. The molecule has 174 valence electrons. The zero-order valence-electron chi connectivity index (χ0n) is 19.5. The SMILES string of the molecule is Cc1cc(Br)ccc1C(C)C1CCCC(COCc2ccccc2)(OCc2ccccc2)O1. The molecule has 1 fully saturated rings. The highest BCUT2D eigenvalue weighted by atomic mass is 79.9. The van der Waals surface area contributed by atoms with Crippen LogP contribution in [0.25, 0.3) is 0 Å². The van der Waals surface area contributed by atoms with E-state index in [2.05, 4.69) is 72.2 Å². The third kappa shape index (κ3) is 6.54. The fourth-order valence-electron chi connectivity index (χ4n) is 4.61. The van der Waals surface area contributed by atoms with Crippen molar-refractivity contribution in [1.82, 2.24) is 0 Å². The maximum absolute atomic E-state index is 6.78. The molecule has 0 radical (unpaired) electrons. The van der Waals surface area contributed by atoms with Gasteiger partial charge in [0.05, 0.1) is 19.3 Å². The number of halogens is 1. The van der Waals surface area contributed by atoms with Gasteiger partial charge in [0.25, 0.3) is 0 Å². The molecule has 0 saturated carbocycles. The first-order chi connectivity index (χ1) is 16.0. The molecule has 0 aliphatic carbocycles. The molecule has 3 aromatic carbocycles. The lowest BCUT2D eigenvalue weighted by Crippen LogP contribution is -2.48. The van der Waals surface area contributed by atoms with E-state index in [4.69, 9.17) is 14.2 Å². The number of hydrogen-bond donors (Lipinski definition) is 0. The standard InChI is InChI=1S/C29H33BrO3/c1-22-18-26(30)15-16-27(22)23(2)28-14-9-17-29(33-28,32-20-25-12-7-4-8-13-25)21-31-19-24-10-5-3-6-11-24/h3-8,10-13,15-16,18,23,28H,9,14,17,19-21H2,1-2H3. The fourth-order valence-corrected chi connectivity index (χ4v) is 5.09. The third-order valence-electron chi connectivity index (χ3n) is 6.47. The van der Waals surface area contributed by atoms with Gasteiger partial charge in [-0.1, -0.05) is 89.6 Å². The van der Waals surface area contributed by atoms with Crippen molar-refractivity contribution in [3.63, 3.8) is 0 Å². The minimum Gasteiger partial charge on any atom is -0.371 e. The van der Waals surface area contributed by atoms with Gasteiger partial charge in [-0.25, -0.2) is 0 Å². The molecule has 1 aliphatic heterocycles. The van der Waals surface area contributed by atoms with Crippen LogP contribution >= 0.6 is 15.9 Å². The van der Waals surface area contributed by atoms with Crippen LogP contribution in [0.2, 0.25) is 0 Å². The molecule has 3 nitrogen and oxygen atoms in total. The highest BCUT2D eigenvalue weighted by Crippen LogP contribution is 2.38. The van der Waals surface area contributed by atoms with Crippen molar-refractivity contribution in [2.24, 2.45) is 0 Å². The molecule has 3 unspecified atom stereocenters. The van der Waals surface area contributed by atoms with Gasteiger partial charge < -0.3 is 14.2 Å². The lowest BCUT2D eigenvalue weighted by molar-refractivity contribution is -0.307. The normalized spacial score (nSPS) is 21.6. The minimum atomic E-state index is -0.745. The van der Waals surface area contributed by atoms with Crippen LogP contribution in [0.1, 0.15) is 54.4 Å². The van der Waals surface area contributed by atoms with Crippen LogP contribution in [-0.2, 0) is 27.4 Å². The van der Waals surface area contributed by atoms with Gasteiger partial charge in [-0.3, -0.25) is 0 Å². The van der Waals surface area contributed by atoms with E-state index in [-0.39, 0.29) is 12.0 Å². The van der Waals surface area contributed by atoms with Crippen molar-refractivity contribution in [2.75, 3.05) is 6.61 Å². The van der Waals surface area contributed by atoms with E-state index in [0.29, 0.717) is 19.8 Å². The van der Waals surface area contributed by atoms with Crippen LogP contribution < -0.4 is 0 Å². The first-order valence-corrected chi connectivity index (χ1v) is 12.6. The summed E-state index contributed by atoms with van der Waals surface area (Å²) in [5.74, 6) is -0.474. The predicted octanol–water partition coefficient (Wildman–Crippen LogP) is 7.56. The van der Waals surface area contributed by atoms with Crippen LogP contribution in [0.15, 0.2) is 83.3 Å². The van der Waals surface area contributed by atoms with E-state index >= 15 is 0 Å². The molecule has 1 heterocycles. The minimum absolute atomic E-state index is 0.0784. The highest BCUT2D eigenvalue weighted by Gasteiger charge is 2.41. The van der Waals surface area contributed by atoms with Crippen molar-refractivity contribution >= 4 is 15.9 Å². The van der Waals surface area contributed by atoms with E-state index in [1.807, 2.05) is 36.4 Å². The molecular weight excluding hydrogens is 476 g/mol. The van der Waals surface area contributed by atoms with Crippen LogP contribution in [0, 0.1) is 6.92 Å². The molecule has 4 rings (SSSR count). The second-order valence-corrected chi connectivity index (χ2v) is 9.92. The zero-order chi connectivity index (χ0) is 23.1. The van der Waals surface area contributed by atoms with Gasteiger partial charge in [0.1, 0.15) is 6.61 Å². The summed E-state index contributed by atoms with van der Waals surface area (Å²) in [7, 11) is 0. The molecule has 1 aliphatic rings. The summed E-state index contributed by atoms with van der Waals surface area (Å²) < 4.78 is 20.6. The molecule has 0 bridgehead atoms. The lowest BCUT2D eigenvalue weighted by Gasteiger charge is -2.43. The molecule has 3 aromatic rings. The molecule has 33 heavy (non-hydrogen) atoms. The van der Waals surface area contributed by atoms with Gasteiger partial charge >= 0.3 is 0 Å². The Morgan fingerprint density at radius 3 is 2.30 bits per heavy atom. The van der Waals surface area contributed by atoms with Gasteiger partial charge in [0.2, 0.25) is 0 Å². The van der Waals surface area contributed by atoms with Crippen molar-refractivity contribution in [3.8, 4) is 0 Å². The summed E-state index contributed by atoms with van der Waals surface area (Å²) in [6, 6.07) is 27.1. The second kappa shape index (κ2) is 11.4. The van der Waals surface area contributed by atoms with E-state index in [9.17, 15) is 0 Å². The molecule has 0 N–H and O–H groups in total. The van der Waals surface area contributed by atoms with Gasteiger partial charge in [0.15, 0.2) is 5.79 Å². The van der Waals surface area contributed by atoms with Gasteiger partial charge in [-0.2, -0.15) is 0 Å². The number of rotatable bonds is 9. The highest BCUT2D eigenvalue weighted by molar-refractivity contribution is 9.10. The van der Waals surface area contributed by atoms with Gasteiger partial charge in [0, 0.05) is 16.8 Å². The Labute approximate surface area is 206 Å². The molecule has 3 atom stereocenters. The Morgan fingerprint density at radius 2 is 1.64 bits per heavy atom. The van der Waals surface area contributed by atoms with Gasteiger partial charge in [-0.15, -0.1) is 0 Å². The maximum atomic E-state index is 6.78. The summed E-state index contributed by atoms with van der Waals surface area (Å²) in [5, 5.41) is 0. The Balaban J connectivity index is 1.49. The van der Waals surface area contributed by atoms with Crippen molar-refractivity contribution < 1.29 is 14.2 Å². The van der Waals surface area contributed by atoms with Crippen LogP contribution in [0.4, 0.5) is 0 Å². The summed E-state index contributed by atoms with van der Waals surface area (Å²) in [6.07, 6.45) is 2.98. The number of aryl methyl sites for hydroxylation is 1. The first kappa shape index (κ1) is 24.2.